The molecule has 2 aliphatic heterocycles. The molecule has 0 N–H and O–H groups in total. The van der Waals surface area contributed by atoms with Gasteiger partial charge in [0.2, 0.25) is 22.8 Å². The second kappa shape index (κ2) is 15.2. The van der Waals surface area contributed by atoms with Crippen molar-refractivity contribution >= 4 is 11.8 Å². The van der Waals surface area contributed by atoms with E-state index in [0.717, 1.165) is 67.5 Å². The number of benzene rings is 6. The summed E-state index contributed by atoms with van der Waals surface area (Å²) in [5, 5.41) is 0. The Balaban J connectivity index is 0.000000887. The third-order valence-electron chi connectivity index (χ3n) is 11.2. The third kappa shape index (κ3) is 7.13. The van der Waals surface area contributed by atoms with E-state index in [2.05, 4.69) is 194 Å². The number of para-hydroxylation sites is 1. The van der Waals surface area contributed by atoms with Gasteiger partial charge in [-0.05, 0) is 90.7 Å². The molecule has 1 atom stereocenters. The summed E-state index contributed by atoms with van der Waals surface area (Å²) in [6.07, 6.45) is 4.54. The smallest absolute Gasteiger partial charge is 0.219 e. The van der Waals surface area contributed by atoms with Crippen molar-refractivity contribution < 1.29 is 42.9 Å². The van der Waals surface area contributed by atoms with Crippen LogP contribution in [0.1, 0.15) is 25.0 Å². The van der Waals surface area contributed by atoms with Crippen LogP contribution in [0.25, 0.3) is 56.5 Å². The molecule has 1 aromatic heterocycles. The molecule has 8 nitrogen and oxygen atoms in total. The molecule has 0 saturated heterocycles. The van der Waals surface area contributed by atoms with Crippen LogP contribution in [-0.4, -0.2) is 19.9 Å². The Bertz CT molecular complexity index is 2540. The highest BCUT2D eigenvalue weighted by Gasteiger charge is 2.57. The molecule has 290 valence electrons. The van der Waals surface area contributed by atoms with Crippen LogP contribution in [0.15, 0.2) is 170 Å². The minimum absolute atomic E-state index is 0.313. The number of pyridine rings is 1. The molecule has 0 saturated carbocycles. The van der Waals surface area contributed by atoms with E-state index < -0.39 is 16.0 Å². The number of hydrogen-bond acceptors (Lipinski definition) is 7. The maximum absolute atomic E-state index is 8.49. The lowest BCUT2D eigenvalue weighted by Crippen LogP contribution is -2.68. The number of methoxy groups -OCH3 is 1. The van der Waals surface area contributed by atoms with Crippen LogP contribution in [0.5, 0.6) is 11.5 Å². The molecule has 0 fully saturated rings. The number of halogens is 1. The van der Waals surface area contributed by atoms with Crippen molar-refractivity contribution in [3.05, 3.63) is 181 Å². The molecule has 58 heavy (non-hydrogen) atoms. The average molecular weight is 789 g/mol. The van der Waals surface area contributed by atoms with Crippen molar-refractivity contribution in [3.8, 4) is 62.0 Å². The standard InChI is InChI=1S/C49H41N2O2.ClHO4/c1-48(2)43-22-14-15-23-44(43)50(3)49(48)29-28-38-30-40(33-42(47(38)53-49)35-16-8-5-9-17-35)51-45(36-18-10-6-11-19-36)31-39(34-24-26-41(52-4)27-25-34)32-46(51)37-20-12-7-13-21-37;2-1(3,4)5/h5-33H,1-4H3;(H,2,3,4,5)/q+1;/p-1. The summed E-state index contributed by atoms with van der Waals surface area (Å²) in [4.78, 5) is 2.30. The van der Waals surface area contributed by atoms with Gasteiger partial charge >= 0.3 is 0 Å². The number of likely N-dealkylation sites (N-methyl/N-ethyl adjacent to an activating group) is 1. The number of fused-ring (bicyclic) bond motifs is 2. The van der Waals surface area contributed by atoms with Crippen molar-refractivity contribution in [2.75, 3.05) is 19.1 Å². The highest BCUT2D eigenvalue weighted by molar-refractivity contribution is 5.83. The Morgan fingerprint density at radius 2 is 1.12 bits per heavy atom. The summed E-state index contributed by atoms with van der Waals surface area (Å²) < 4.78 is 49.3. The van der Waals surface area contributed by atoms with Gasteiger partial charge in [-0.25, -0.2) is 18.6 Å². The molecule has 1 spiro atoms. The van der Waals surface area contributed by atoms with E-state index in [1.165, 1.54) is 11.3 Å². The van der Waals surface area contributed by atoms with Crippen molar-refractivity contribution in [1.29, 1.82) is 0 Å². The first-order valence-electron chi connectivity index (χ1n) is 18.8. The van der Waals surface area contributed by atoms with Gasteiger partial charge in [0.15, 0.2) is 0 Å². The molecule has 9 rings (SSSR count). The van der Waals surface area contributed by atoms with E-state index in [0.29, 0.717) is 0 Å². The number of anilines is 1. The summed E-state index contributed by atoms with van der Waals surface area (Å²) in [6, 6.07) is 58.2. The highest BCUT2D eigenvalue weighted by Crippen LogP contribution is 2.55. The molecule has 3 heterocycles. The van der Waals surface area contributed by atoms with Crippen LogP contribution in [0, 0.1) is 10.2 Å². The molecule has 1 unspecified atom stereocenters. The Hall–Kier alpha value is -6.26. The first kappa shape index (κ1) is 38.6. The topological polar surface area (TPSA) is 118 Å². The molecular formula is C49H41ClN2O6. The molecule has 7 aromatic rings. The second-order valence-electron chi connectivity index (χ2n) is 14.8. The molecular weight excluding hydrogens is 748 g/mol. The monoisotopic (exact) mass is 788 g/mol. The minimum Gasteiger partial charge on any atom is -0.497 e. The molecule has 2 aliphatic rings. The van der Waals surface area contributed by atoms with Gasteiger partial charge in [0, 0.05) is 59.3 Å². The van der Waals surface area contributed by atoms with Crippen molar-refractivity contribution in [2.24, 2.45) is 0 Å². The van der Waals surface area contributed by atoms with E-state index in [1.807, 2.05) is 12.1 Å². The van der Waals surface area contributed by atoms with Gasteiger partial charge in [-0.2, -0.15) is 4.57 Å². The fraction of sp³-hybridized carbons (Fsp3) is 0.122. The van der Waals surface area contributed by atoms with E-state index in [9.17, 15) is 0 Å². The third-order valence-corrected chi connectivity index (χ3v) is 11.2. The predicted octanol–water partition coefficient (Wildman–Crippen LogP) is 6.41. The fourth-order valence-corrected chi connectivity index (χ4v) is 8.29. The molecule has 0 amide bonds. The zero-order valence-electron chi connectivity index (χ0n) is 32.5. The van der Waals surface area contributed by atoms with Gasteiger partial charge in [-0.15, -0.1) is 10.2 Å². The number of ether oxygens (including phenoxy) is 2. The van der Waals surface area contributed by atoms with E-state index in [1.54, 1.807) is 7.11 Å². The number of nitrogens with zero attached hydrogens (tertiary/aromatic N) is 2. The Labute approximate surface area is 340 Å². The summed E-state index contributed by atoms with van der Waals surface area (Å²) in [7, 11) is -1.09. The lowest BCUT2D eigenvalue weighted by atomic mass is 9.76. The lowest BCUT2D eigenvalue weighted by molar-refractivity contribution is -2.00. The van der Waals surface area contributed by atoms with Crippen LogP contribution < -0.4 is 37.6 Å². The van der Waals surface area contributed by atoms with Crippen LogP contribution in [-0.2, 0) is 5.41 Å². The van der Waals surface area contributed by atoms with Crippen LogP contribution in [0.3, 0.4) is 0 Å². The maximum atomic E-state index is 8.49. The van der Waals surface area contributed by atoms with Gasteiger partial charge < -0.3 is 14.4 Å². The Morgan fingerprint density at radius 1 is 0.603 bits per heavy atom. The Kier molecular flexibility index (Phi) is 10.1. The molecule has 9 heteroatoms. The van der Waals surface area contributed by atoms with E-state index >= 15 is 0 Å². The van der Waals surface area contributed by atoms with Gasteiger partial charge in [0.05, 0.1) is 12.5 Å². The van der Waals surface area contributed by atoms with Gasteiger partial charge in [0.25, 0.3) is 0 Å². The molecule has 0 radical (unpaired) electrons. The maximum Gasteiger partial charge on any atom is 0.219 e. The predicted molar refractivity (Wildman–Crippen MR) is 217 cm³/mol. The SMILES string of the molecule is COc1ccc(-c2cc(-c3ccccc3)[n+](-c3cc4c(c(-c5ccccc5)c3)OC3(C=C4)N(C)c4ccccc4C3(C)C)c(-c3ccccc3)c2)cc1.[O-][Cl+3]([O-])([O-])[O-]. The van der Waals surface area contributed by atoms with Gasteiger partial charge in [0.1, 0.15) is 11.5 Å². The van der Waals surface area contributed by atoms with Gasteiger partial charge in [-0.3, -0.25) is 0 Å². The molecule has 6 aromatic carbocycles. The van der Waals surface area contributed by atoms with Gasteiger partial charge in [-0.1, -0.05) is 97.1 Å². The minimum atomic E-state index is -4.94. The number of rotatable bonds is 6. The van der Waals surface area contributed by atoms with Crippen LogP contribution in [0.4, 0.5) is 5.69 Å². The normalized spacial score (nSPS) is 16.2. The van der Waals surface area contributed by atoms with Crippen molar-refractivity contribution in [2.45, 2.75) is 25.0 Å². The first-order chi connectivity index (χ1) is 27.9. The summed E-state index contributed by atoms with van der Waals surface area (Å²) in [5.74, 6) is 1.72. The zero-order valence-corrected chi connectivity index (χ0v) is 33.2. The zero-order chi connectivity index (χ0) is 40.7. The van der Waals surface area contributed by atoms with E-state index in [4.69, 9.17) is 28.1 Å². The number of aromatic nitrogens is 1. The summed E-state index contributed by atoms with van der Waals surface area (Å²) >= 11 is 0. The number of hydrogen-bond donors (Lipinski definition) is 0. The largest absolute Gasteiger partial charge is 0.497 e. The van der Waals surface area contributed by atoms with Crippen molar-refractivity contribution in [1.82, 2.24) is 0 Å². The highest BCUT2D eigenvalue weighted by atomic mass is 35.7. The fourth-order valence-electron chi connectivity index (χ4n) is 8.29. The molecule has 0 bridgehead atoms. The first-order valence-corrected chi connectivity index (χ1v) is 20.0. The average Bonchev–Trinajstić information content (AvgIpc) is 3.40. The summed E-state index contributed by atoms with van der Waals surface area (Å²) in [5.41, 5.74) is 12.3. The Morgan fingerprint density at radius 3 is 1.66 bits per heavy atom. The lowest BCUT2D eigenvalue weighted by Gasteiger charge is -2.46. The second-order valence-corrected chi connectivity index (χ2v) is 15.6. The molecule has 0 aliphatic carbocycles. The quantitative estimate of drug-likeness (QED) is 0.179. The van der Waals surface area contributed by atoms with E-state index in [-0.39, 0.29) is 5.41 Å². The van der Waals surface area contributed by atoms with Crippen molar-refractivity contribution in [3.63, 3.8) is 0 Å². The van der Waals surface area contributed by atoms with Crippen LogP contribution in [0.2, 0.25) is 0 Å². The summed E-state index contributed by atoms with van der Waals surface area (Å²) in [6.45, 7) is 4.58. The van der Waals surface area contributed by atoms with Crippen LogP contribution >= 0.6 is 0 Å².